The molecule has 0 bridgehead atoms. The van der Waals surface area contributed by atoms with Crippen LogP contribution in [0.3, 0.4) is 0 Å². The van der Waals surface area contributed by atoms with Gasteiger partial charge in [-0.05, 0) is 0 Å². The summed E-state index contributed by atoms with van der Waals surface area (Å²) in [7, 11) is 0. The van der Waals surface area contributed by atoms with Crippen LogP contribution in [0.4, 0.5) is 5.82 Å². The average Bonchev–Trinajstić information content (AvgIpc) is 2.93. The lowest BCUT2D eigenvalue weighted by Crippen LogP contribution is -2.16. The molecule has 2 heterocycles. The van der Waals surface area contributed by atoms with Crippen LogP contribution in [0, 0.1) is 6.92 Å². The summed E-state index contributed by atoms with van der Waals surface area (Å²) in [4.78, 5) is 15.8. The Kier molecular flexibility index (Phi) is 3.49. The van der Waals surface area contributed by atoms with E-state index in [1.165, 1.54) is 0 Å². The van der Waals surface area contributed by atoms with Crippen LogP contribution in [0.1, 0.15) is 16.5 Å². The molecule has 0 unspecified atom stereocenters. The van der Waals surface area contributed by atoms with Crippen LogP contribution in [0.15, 0.2) is 28.8 Å². The van der Waals surface area contributed by atoms with Crippen LogP contribution in [0.2, 0.25) is 5.15 Å². The fraction of sp³-hybridized carbons (Fsp3) is 0.154. The Balaban J connectivity index is 1.83. The molecular weight excluding hydrogens is 294 g/mol. The molecule has 1 aromatic carbocycles. The van der Waals surface area contributed by atoms with Crippen molar-refractivity contribution in [2.75, 3.05) is 11.9 Å². The van der Waals surface area contributed by atoms with Crippen LogP contribution in [-0.2, 0) is 0 Å². The molecule has 0 aliphatic carbocycles. The standard InChI is InChI=1S/C13H10ClN5O2/c1-7-16-13(19-21-7)10(20)6-15-12-9-5-3-2-4-8(9)11(14)17-18-12/h2-5H,6H2,1H3,(H,15,18). The molecule has 0 radical (unpaired) electrons. The molecular formula is C13H10ClN5O2. The quantitative estimate of drug-likeness (QED) is 0.739. The van der Waals surface area contributed by atoms with Crippen molar-refractivity contribution in [1.82, 2.24) is 20.3 Å². The Morgan fingerprint density at radius 2 is 2.05 bits per heavy atom. The van der Waals surface area contributed by atoms with Gasteiger partial charge in [-0.3, -0.25) is 4.79 Å². The normalized spacial score (nSPS) is 10.8. The molecule has 0 aliphatic heterocycles. The maximum atomic E-state index is 11.9. The van der Waals surface area contributed by atoms with E-state index in [1.807, 2.05) is 24.3 Å². The van der Waals surface area contributed by atoms with E-state index in [0.717, 1.165) is 10.8 Å². The van der Waals surface area contributed by atoms with Gasteiger partial charge in [-0.2, -0.15) is 4.98 Å². The Hall–Kier alpha value is -2.54. The van der Waals surface area contributed by atoms with Crippen LogP contribution in [0.5, 0.6) is 0 Å². The Morgan fingerprint density at radius 1 is 1.29 bits per heavy atom. The number of hydrogen-bond donors (Lipinski definition) is 1. The van der Waals surface area contributed by atoms with Gasteiger partial charge in [0.2, 0.25) is 17.5 Å². The number of Topliss-reactive ketones (excluding diaryl/α,β-unsaturated/α-hetero) is 1. The molecule has 106 valence electrons. The first-order valence-electron chi connectivity index (χ1n) is 6.13. The number of fused-ring (bicyclic) bond motifs is 1. The monoisotopic (exact) mass is 303 g/mol. The zero-order valence-electron chi connectivity index (χ0n) is 11.0. The molecule has 0 saturated heterocycles. The van der Waals surface area contributed by atoms with Crippen molar-refractivity contribution in [2.24, 2.45) is 0 Å². The number of ketones is 1. The molecule has 0 aliphatic rings. The summed E-state index contributed by atoms with van der Waals surface area (Å²) in [5.41, 5.74) is 0. The number of anilines is 1. The SMILES string of the molecule is Cc1nc(C(=O)CNc2nnc(Cl)c3ccccc23)no1. The molecule has 7 nitrogen and oxygen atoms in total. The fourth-order valence-electron chi connectivity index (χ4n) is 1.86. The van der Waals surface area contributed by atoms with Gasteiger partial charge >= 0.3 is 0 Å². The van der Waals surface area contributed by atoms with Crippen molar-refractivity contribution in [3.8, 4) is 0 Å². The second-order valence-electron chi connectivity index (χ2n) is 4.30. The van der Waals surface area contributed by atoms with Crippen molar-refractivity contribution in [3.05, 3.63) is 41.1 Å². The van der Waals surface area contributed by atoms with E-state index < -0.39 is 0 Å². The summed E-state index contributed by atoms with van der Waals surface area (Å²) in [5, 5.41) is 16.2. The van der Waals surface area contributed by atoms with E-state index in [2.05, 4.69) is 25.7 Å². The number of carbonyl (C=O) groups is 1. The smallest absolute Gasteiger partial charge is 0.240 e. The third-order valence-electron chi connectivity index (χ3n) is 2.84. The molecule has 8 heteroatoms. The number of nitrogens with zero attached hydrogens (tertiary/aromatic N) is 4. The molecule has 3 aromatic rings. The zero-order chi connectivity index (χ0) is 14.8. The highest BCUT2D eigenvalue weighted by atomic mass is 35.5. The van der Waals surface area contributed by atoms with E-state index in [1.54, 1.807) is 6.92 Å². The molecule has 0 fully saturated rings. The summed E-state index contributed by atoms with van der Waals surface area (Å²) in [6, 6.07) is 7.39. The first-order chi connectivity index (χ1) is 10.1. The third kappa shape index (κ3) is 2.68. The van der Waals surface area contributed by atoms with Crippen molar-refractivity contribution in [1.29, 1.82) is 0 Å². The predicted molar refractivity (Wildman–Crippen MR) is 76.4 cm³/mol. The fourth-order valence-corrected chi connectivity index (χ4v) is 2.06. The highest BCUT2D eigenvalue weighted by Gasteiger charge is 2.14. The second kappa shape index (κ2) is 5.45. The number of carbonyl (C=O) groups excluding carboxylic acids is 1. The first-order valence-corrected chi connectivity index (χ1v) is 6.51. The van der Waals surface area contributed by atoms with Gasteiger partial charge in [-0.25, -0.2) is 0 Å². The number of benzene rings is 1. The number of halogens is 1. The number of nitrogens with one attached hydrogen (secondary N) is 1. The molecule has 0 spiro atoms. The Morgan fingerprint density at radius 3 is 2.76 bits per heavy atom. The van der Waals surface area contributed by atoms with Crippen molar-refractivity contribution >= 4 is 34.0 Å². The lowest BCUT2D eigenvalue weighted by molar-refractivity contribution is 0.0993. The summed E-state index contributed by atoms with van der Waals surface area (Å²) >= 11 is 5.99. The summed E-state index contributed by atoms with van der Waals surface area (Å²) < 4.78 is 4.77. The lowest BCUT2D eigenvalue weighted by Gasteiger charge is -2.07. The molecule has 1 N–H and O–H groups in total. The van der Waals surface area contributed by atoms with Crippen LogP contribution in [-0.4, -0.2) is 32.7 Å². The minimum Gasteiger partial charge on any atom is -0.360 e. The third-order valence-corrected chi connectivity index (χ3v) is 3.11. The zero-order valence-corrected chi connectivity index (χ0v) is 11.8. The largest absolute Gasteiger partial charge is 0.360 e. The van der Waals surface area contributed by atoms with Crippen molar-refractivity contribution in [2.45, 2.75) is 6.92 Å². The molecule has 2 aromatic heterocycles. The molecule has 21 heavy (non-hydrogen) atoms. The summed E-state index contributed by atoms with van der Waals surface area (Å²) in [5.74, 6) is 0.553. The number of hydrogen-bond acceptors (Lipinski definition) is 7. The van der Waals surface area contributed by atoms with Gasteiger partial charge < -0.3 is 9.84 Å². The Labute approximate surface area is 124 Å². The average molecular weight is 304 g/mol. The maximum Gasteiger partial charge on any atom is 0.240 e. The predicted octanol–water partition coefficient (Wildman–Crippen LogP) is 2.27. The van der Waals surface area contributed by atoms with Gasteiger partial charge in [0.25, 0.3) is 0 Å². The number of aromatic nitrogens is 4. The minimum absolute atomic E-state index is 0.0146. The molecule has 0 atom stereocenters. The van der Waals surface area contributed by atoms with Crippen LogP contribution < -0.4 is 5.32 Å². The van der Waals surface area contributed by atoms with E-state index in [4.69, 9.17) is 16.1 Å². The maximum absolute atomic E-state index is 11.9. The number of rotatable bonds is 4. The van der Waals surface area contributed by atoms with Gasteiger partial charge in [0.1, 0.15) is 0 Å². The first kappa shape index (κ1) is 13.4. The van der Waals surface area contributed by atoms with Gasteiger partial charge in [-0.15, -0.1) is 10.2 Å². The van der Waals surface area contributed by atoms with Gasteiger partial charge in [0.15, 0.2) is 11.0 Å². The Bertz CT molecular complexity index is 817. The summed E-state index contributed by atoms with van der Waals surface area (Å²) in [6.45, 7) is 1.61. The van der Waals surface area contributed by atoms with E-state index >= 15 is 0 Å². The van der Waals surface area contributed by atoms with Crippen LogP contribution >= 0.6 is 11.6 Å². The number of aryl methyl sites for hydroxylation is 1. The highest BCUT2D eigenvalue weighted by Crippen LogP contribution is 2.25. The van der Waals surface area contributed by atoms with Crippen molar-refractivity contribution < 1.29 is 9.32 Å². The molecule has 3 rings (SSSR count). The minimum atomic E-state index is -0.298. The highest BCUT2D eigenvalue weighted by molar-refractivity contribution is 6.34. The summed E-state index contributed by atoms with van der Waals surface area (Å²) in [6.07, 6.45) is 0. The van der Waals surface area contributed by atoms with Crippen LogP contribution in [0.25, 0.3) is 10.8 Å². The lowest BCUT2D eigenvalue weighted by atomic mass is 10.2. The van der Waals surface area contributed by atoms with Crippen molar-refractivity contribution in [3.63, 3.8) is 0 Å². The van der Waals surface area contributed by atoms with Gasteiger partial charge in [0.05, 0.1) is 6.54 Å². The van der Waals surface area contributed by atoms with E-state index in [0.29, 0.717) is 16.9 Å². The van der Waals surface area contributed by atoms with Gasteiger partial charge in [-0.1, -0.05) is 41.0 Å². The second-order valence-corrected chi connectivity index (χ2v) is 4.66. The van der Waals surface area contributed by atoms with Gasteiger partial charge in [0, 0.05) is 17.7 Å². The van der Waals surface area contributed by atoms with E-state index in [9.17, 15) is 4.79 Å². The molecule has 0 saturated carbocycles. The van der Waals surface area contributed by atoms with E-state index in [-0.39, 0.29) is 18.2 Å². The molecule has 0 amide bonds. The topological polar surface area (TPSA) is 93.8 Å².